The third kappa shape index (κ3) is 1.13. The summed E-state index contributed by atoms with van der Waals surface area (Å²) in [5.41, 5.74) is 1.11. The van der Waals surface area contributed by atoms with Crippen molar-refractivity contribution in [3.05, 3.63) is 47.2 Å². The Morgan fingerprint density at radius 2 is 1.86 bits per heavy atom. The first kappa shape index (κ1) is 8.00. The molecule has 3 heteroatoms. The third-order valence-electron chi connectivity index (χ3n) is 2.30. The van der Waals surface area contributed by atoms with E-state index >= 15 is 0 Å². The minimum absolute atomic E-state index is 0.868. The van der Waals surface area contributed by atoms with Gasteiger partial charge in [-0.3, -0.25) is 0 Å². The van der Waals surface area contributed by atoms with E-state index in [0.29, 0.717) is 0 Å². The molecule has 0 N–H and O–H groups in total. The molecule has 0 radical (unpaired) electrons. The number of hydrogen-bond donors (Lipinski definition) is 0. The molecule has 0 fully saturated rings. The lowest BCUT2D eigenvalue weighted by Gasteiger charge is -1.97. The van der Waals surface area contributed by atoms with Crippen molar-refractivity contribution >= 4 is 32.2 Å². The van der Waals surface area contributed by atoms with Crippen molar-refractivity contribution in [2.24, 2.45) is 0 Å². The molecule has 0 amide bonds. The summed E-state index contributed by atoms with van der Waals surface area (Å²) in [6, 6.07) is 12.4. The van der Waals surface area contributed by atoms with Crippen molar-refractivity contribution in [3.63, 3.8) is 0 Å². The van der Waals surface area contributed by atoms with Crippen molar-refractivity contribution in [1.29, 1.82) is 0 Å². The Morgan fingerprint density at radius 1 is 1.07 bits per heavy atom. The van der Waals surface area contributed by atoms with Crippen LogP contribution in [0, 0.1) is 0 Å². The van der Waals surface area contributed by atoms with Crippen LogP contribution in [0.4, 0.5) is 0 Å². The van der Waals surface area contributed by atoms with E-state index in [-0.39, 0.29) is 0 Å². The molecule has 0 spiro atoms. The average Bonchev–Trinajstić information content (AvgIpc) is 2.53. The van der Waals surface area contributed by atoms with E-state index < -0.39 is 0 Å². The van der Waals surface area contributed by atoms with Gasteiger partial charge in [0.15, 0.2) is 0 Å². The van der Waals surface area contributed by atoms with E-state index in [1.54, 1.807) is 0 Å². The van der Waals surface area contributed by atoms with E-state index in [2.05, 4.69) is 39.2 Å². The third-order valence-corrected chi connectivity index (χ3v) is 2.68. The second-order valence-corrected chi connectivity index (χ2v) is 4.05. The van der Waals surface area contributed by atoms with Gasteiger partial charge in [0.25, 0.3) is 0 Å². The van der Waals surface area contributed by atoms with Gasteiger partial charge in [-0.25, -0.2) is 4.52 Å². The number of fused-ring (bicyclic) bond motifs is 2. The fourth-order valence-electron chi connectivity index (χ4n) is 1.64. The highest BCUT2D eigenvalue weighted by Gasteiger charge is 1.99. The summed E-state index contributed by atoms with van der Waals surface area (Å²) < 4.78 is 2.75. The fourth-order valence-corrected chi connectivity index (χ4v) is 2.05. The Morgan fingerprint density at radius 3 is 2.71 bits per heavy atom. The van der Waals surface area contributed by atoms with Crippen LogP contribution in [-0.2, 0) is 0 Å². The lowest BCUT2D eigenvalue weighted by atomic mass is 10.2. The Hall–Kier alpha value is -1.35. The van der Waals surface area contributed by atoms with Gasteiger partial charge in [0.2, 0.25) is 0 Å². The molecule has 0 saturated heterocycles. The van der Waals surface area contributed by atoms with Crippen LogP contribution in [0.3, 0.4) is 0 Å². The molecule has 3 aromatic rings. The Kier molecular flexibility index (Phi) is 1.61. The summed E-state index contributed by atoms with van der Waals surface area (Å²) in [5.74, 6) is 0. The van der Waals surface area contributed by atoms with Gasteiger partial charge in [-0.05, 0) is 33.4 Å². The number of hydrogen-bond acceptors (Lipinski definition) is 1. The van der Waals surface area contributed by atoms with Crippen LogP contribution in [0.1, 0.15) is 0 Å². The molecule has 2 heterocycles. The van der Waals surface area contributed by atoms with E-state index in [1.165, 1.54) is 10.8 Å². The van der Waals surface area contributed by atoms with E-state index in [0.717, 1.165) is 10.1 Å². The van der Waals surface area contributed by atoms with Crippen molar-refractivity contribution in [2.45, 2.75) is 0 Å². The zero-order valence-electron chi connectivity index (χ0n) is 7.31. The molecule has 2 nitrogen and oxygen atoms in total. The first-order valence-corrected chi connectivity index (χ1v) is 5.16. The minimum Gasteiger partial charge on any atom is -0.239 e. The Bertz CT molecular complexity index is 560. The van der Waals surface area contributed by atoms with Gasteiger partial charge in [-0.1, -0.05) is 24.3 Å². The fraction of sp³-hybridized carbons (Fsp3) is 0. The highest BCUT2D eigenvalue weighted by atomic mass is 79.9. The second kappa shape index (κ2) is 2.82. The van der Waals surface area contributed by atoms with Crippen LogP contribution < -0.4 is 0 Å². The molecule has 0 aliphatic rings. The Labute approximate surface area is 89.3 Å². The van der Waals surface area contributed by atoms with Crippen LogP contribution in [0.2, 0.25) is 0 Å². The minimum atomic E-state index is 0.868. The van der Waals surface area contributed by atoms with Crippen molar-refractivity contribution < 1.29 is 0 Å². The molecule has 0 aliphatic heterocycles. The molecule has 14 heavy (non-hydrogen) atoms. The molecule has 2 aromatic heterocycles. The van der Waals surface area contributed by atoms with Gasteiger partial charge in [0.05, 0.1) is 5.52 Å². The average molecular weight is 247 g/mol. The molecule has 0 aliphatic carbocycles. The number of nitrogens with zero attached hydrogens (tertiary/aromatic N) is 2. The van der Waals surface area contributed by atoms with Crippen molar-refractivity contribution in [3.8, 4) is 0 Å². The van der Waals surface area contributed by atoms with Crippen molar-refractivity contribution in [1.82, 2.24) is 9.61 Å². The number of halogens is 1. The number of pyridine rings is 1. The van der Waals surface area contributed by atoms with Gasteiger partial charge < -0.3 is 0 Å². The van der Waals surface area contributed by atoms with Gasteiger partial charge in [0, 0.05) is 11.6 Å². The second-order valence-electron chi connectivity index (χ2n) is 3.24. The first-order valence-electron chi connectivity index (χ1n) is 4.37. The van der Waals surface area contributed by atoms with Crippen LogP contribution in [-0.4, -0.2) is 9.61 Å². The zero-order chi connectivity index (χ0) is 9.54. The SMILES string of the molecule is Brc1cc2cc3ccccc3cn2n1. The van der Waals surface area contributed by atoms with Gasteiger partial charge >= 0.3 is 0 Å². The molecule has 1 aromatic carbocycles. The molecule has 0 bridgehead atoms. The monoisotopic (exact) mass is 246 g/mol. The van der Waals surface area contributed by atoms with Crippen LogP contribution in [0.5, 0.6) is 0 Å². The predicted molar refractivity (Wildman–Crippen MR) is 60.4 cm³/mol. The Balaban J connectivity index is 2.51. The smallest absolute Gasteiger partial charge is 0.129 e. The van der Waals surface area contributed by atoms with E-state index in [1.807, 2.05) is 28.9 Å². The normalized spacial score (nSPS) is 11.2. The van der Waals surface area contributed by atoms with E-state index in [4.69, 9.17) is 0 Å². The number of benzene rings is 1. The first-order chi connectivity index (χ1) is 6.83. The standard InChI is InChI=1S/C11H7BrN2/c12-11-6-10-5-8-3-1-2-4-9(8)7-14(10)13-11/h1-7H. The summed E-state index contributed by atoms with van der Waals surface area (Å²) in [4.78, 5) is 0. The quantitative estimate of drug-likeness (QED) is 0.596. The van der Waals surface area contributed by atoms with E-state index in [9.17, 15) is 0 Å². The summed E-state index contributed by atoms with van der Waals surface area (Å²) in [7, 11) is 0. The highest BCUT2D eigenvalue weighted by molar-refractivity contribution is 9.10. The molecule has 0 saturated carbocycles. The van der Waals surface area contributed by atoms with Crippen LogP contribution in [0.15, 0.2) is 47.2 Å². The van der Waals surface area contributed by atoms with Crippen LogP contribution >= 0.6 is 15.9 Å². The van der Waals surface area contributed by atoms with Gasteiger partial charge in [-0.2, -0.15) is 5.10 Å². The van der Waals surface area contributed by atoms with Crippen LogP contribution in [0.25, 0.3) is 16.3 Å². The summed E-state index contributed by atoms with van der Waals surface area (Å²) in [6.45, 7) is 0. The molecule has 3 rings (SSSR count). The molecular weight excluding hydrogens is 240 g/mol. The number of rotatable bonds is 0. The molecule has 0 atom stereocenters. The maximum Gasteiger partial charge on any atom is 0.129 e. The zero-order valence-corrected chi connectivity index (χ0v) is 8.90. The largest absolute Gasteiger partial charge is 0.239 e. The van der Waals surface area contributed by atoms with Gasteiger partial charge in [-0.15, -0.1) is 0 Å². The summed E-state index contributed by atoms with van der Waals surface area (Å²) in [5, 5.41) is 6.74. The molecule has 68 valence electrons. The summed E-state index contributed by atoms with van der Waals surface area (Å²) in [6.07, 6.45) is 2.04. The number of aromatic nitrogens is 2. The topological polar surface area (TPSA) is 17.3 Å². The molecule has 0 unspecified atom stereocenters. The lowest BCUT2D eigenvalue weighted by molar-refractivity contribution is 0.955. The maximum atomic E-state index is 4.30. The lowest BCUT2D eigenvalue weighted by Crippen LogP contribution is -1.85. The van der Waals surface area contributed by atoms with Gasteiger partial charge in [0.1, 0.15) is 4.60 Å². The predicted octanol–water partition coefficient (Wildman–Crippen LogP) is 3.25. The highest BCUT2D eigenvalue weighted by Crippen LogP contribution is 2.18. The maximum absolute atomic E-state index is 4.30. The van der Waals surface area contributed by atoms with Crippen molar-refractivity contribution in [2.75, 3.05) is 0 Å². The molecular formula is C11H7BrN2. The summed E-state index contributed by atoms with van der Waals surface area (Å²) >= 11 is 3.37.